The average molecular weight is 425 g/mol. The van der Waals surface area contributed by atoms with Gasteiger partial charge < -0.3 is 0 Å². The molecule has 0 aliphatic carbocycles. The maximum Gasteiger partial charge on any atom is 0.268 e. The van der Waals surface area contributed by atoms with Crippen molar-refractivity contribution in [3.8, 4) is 0 Å². The quantitative estimate of drug-likeness (QED) is 0.475. The summed E-state index contributed by atoms with van der Waals surface area (Å²) in [6.45, 7) is 1.38. The third kappa shape index (κ3) is 2.26. The van der Waals surface area contributed by atoms with E-state index >= 15 is 0 Å². The van der Waals surface area contributed by atoms with Gasteiger partial charge in [0.1, 0.15) is 5.69 Å². The van der Waals surface area contributed by atoms with E-state index in [-0.39, 0.29) is 16.4 Å². The molecule has 4 nitrogen and oxygen atoms in total. The van der Waals surface area contributed by atoms with E-state index in [4.69, 9.17) is 0 Å². The lowest BCUT2D eigenvalue weighted by molar-refractivity contribution is 0.101. The minimum atomic E-state index is -3.83. The van der Waals surface area contributed by atoms with Crippen molar-refractivity contribution in [2.45, 2.75) is 11.8 Å². The fourth-order valence-corrected chi connectivity index (χ4v) is 5.25. The first-order valence-corrected chi connectivity index (χ1v) is 9.07. The molecule has 0 atom stereocenters. The Morgan fingerprint density at radius 1 is 1.00 bits per heavy atom. The van der Waals surface area contributed by atoms with E-state index in [1.165, 1.54) is 19.1 Å². The van der Waals surface area contributed by atoms with Gasteiger partial charge in [0.05, 0.1) is 14.0 Å². The van der Waals surface area contributed by atoms with Gasteiger partial charge in [-0.1, -0.05) is 36.4 Å². The van der Waals surface area contributed by atoms with Gasteiger partial charge in [0.25, 0.3) is 10.0 Å². The number of halogens is 1. The molecule has 0 spiro atoms. The zero-order valence-electron chi connectivity index (χ0n) is 11.7. The molecule has 3 rings (SSSR count). The Kier molecular flexibility index (Phi) is 3.82. The van der Waals surface area contributed by atoms with E-state index in [2.05, 4.69) is 0 Å². The first kappa shape index (κ1) is 15.2. The lowest BCUT2D eigenvalue weighted by Gasteiger charge is -2.10. The van der Waals surface area contributed by atoms with Gasteiger partial charge in [-0.15, -0.1) is 0 Å². The average Bonchev–Trinajstić information content (AvgIpc) is 2.82. The maximum atomic E-state index is 13.0. The second-order valence-corrected chi connectivity index (χ2v) is 7.68. The van der Waals surface area contributed by atoms with Crippen LogP contribution in [0.5, 0.6) is 0 Å². The monoisotopic (exact) mass is 425 g/mol. The Labute approximate surface area is 142 Å². The Bertz CT molecular complexity index is 975. The number of hydrogen-bond donors (Lipinski definition) is 0. The van der Waals surface area contributed by atoms with Gasteiger partial charge in [-0.25, -0.2) is 12.4 Å². The number of carbonyl (C=O) groups excluding carboxylic acids is 1. The Morgan fingerprint density at radius 3 is 2.23 bits per heavy atom. The maximum absolute atomic E-state index is 13.0. The van der Waals surface area contributed by atoms with Crippen LogP contribution in [0.4, 0.5) is 0 Å². The van der Waals surface area contributed by atoms with Crippen molar-refractivity contribution in [2.75, 3.05) is 0 Å². The van der Waals surface area contributed by atoms with E-state index in [0.717, 1.165) is 9.36 Å². The molecule has 0 radical (unpaired) electrons. The standard InChI is InChI=1S/C16H12INO3S/c1-11(19)16-15(17)13-9-5-6-10-14(13)18(16)22(20,21)12-7-3-2-4-8-12/h2-10H,1H3. The Hall–Kier alpha value is -1.67. The zero-order chi connectivity index (χ0) is 15.9. The molecule has 0 saturated carbocycles. The predicted octanol–water partition coefficient (Wildman–Crippen LogP) is 3.69. The number of Topliss-reactive ketones (excluding diaryl/α,β-unsaturated/α-hetero) is 1. The predicted molar refractivity (Wildman–Crippen MR) is 93.7 cm³/mol. The van der Waals surface area contributed by atoms with E-state index in [1.54, 1.807) is 30.3 Å². The van der Waals surface area contributed by atoms with Gasteiger partial charge in [-0.2, -0.15) is 0 Å². The normalized spacial score (nSPS) is 11.7. The fraction of sp³-hybridized carbons (Fsp3) is 0.0625. The van der Waals surface area contributed by atoms with Gasteiger partial charge in [-0.3, -0.25) is 4.79 Å². The highest BCUT2D eigenvalue weighted by Crippen LogP contribution is 2.31. The molecule has 112 valence electrons. The summed E-state index contributed by atoms with van der Waals surface area (Å²) in [5.41, 5.74) is 0.714. The number of hydrogen-bond acceptors (Lipinski definition) is 3. The van der Waals surface area contributed by atoms with Gasteiger partial charge in [0.2, 0.25) is 0 Å². The van der Waals surface area contributed by atoms with Gasteiger partial charge >= 0.3 is 0 Å². The number of carbonyl (C=O) groups is 1. The van der Waals surface area contributed by atoms with Crippen molar-refractivity contribution >= 4 is 49.3 Å². The summed E-state index contributed by atoms with van der Waals surface area (Å²) >= 11 is 2.03. The summed E-state index contributed by atoms with van der Waals surface area (Å²) in [4.78, 5) is 12.2. The third-order valence-electron chi connectivity index (χ3n) is 3.39. The van der Waals surface area contributed by atoms with Crippen molar-refractivity contribution in [2.24, 2.45) is 0 Å². The molecule has 0 aliphatic heterocycles. The number of rotatable bonds is 3. The smallest absolute Gasteiger partial charge is 0.268 e. The van der Waals surface area contributed by atoms with Crippen molar-refractivity contribution in [3.63, 3.8) is 0 Å². The van der Waals surface area contributed by atoms with Crippen molar-refractivity contribution < 1.29 is 13.2 Å². The highest BCUT2D eigenvalue weighted by atomic mass is 127. The molecule has 0 amide bonds. The van der Waals surface area contributed by atoms with Crippen molar-refractivity contribution in [1.29, 1.82) is 0 Å². The number of para-hydroxylation sites is 1. The molecular formula is C16H12INO3S. The van der Waals surface area contributed by atoms with Crippen LogP contribution >= 0.6 is 22.6 Å². The van der Waals surface area contributed by atoms with Crippen LogP contribution in [0.25, 0.3) is 10.9 Å². The summed E-state index contributed by atoms with van der Waals surface area (Å²) in [5, 5.41) is 0.757. The molecule has 0 unspecified atom stereocenters. The van der Waals surface area contributed by atoms with Crippen LogP contribution in [-0.4, -0.2) is 18.2 Å². The summed E-state index contributed by atoms with van der Waals surface area (Å²) in [6.07, 6.45) is 0. The second-order valence-electron chi connectivity index (χ2n) is 4.82. The van der Waals surface area contributed by atoms with Crippen LogP contribution in [0, 0.1) is 3.57 Å². The molecule has 3 aromatic rings. The lowest BCUT2D eigenvalue weighted by atomic mass is 10.2. The van der Waals surface area contributed by atoms with Crippen LogP contribution in [0.15, 0.2) is 59.5 Å². The first-order valence-electron chi connectivity index (χ1n) is 6.55. The van der Waals surface area contributed by atoms with Gasteiger partial charge in [0, 0.05) is 12.3 Å². The Morgan fingerprint density at radius 2 is 1.59 bits per heavy atom. The van der Waals surface area contributed by atoms with Gasteiger partial charge in [0.15, 0.2) is 5.78 Å². The van der Waals surface area contributed by atoms with E-state index in [9.17, 15) is 13.2 Å². The number of ketones is 1. The fourth-order valence-electron chi connectivity index (χ4n) is 2.42. The minimum absolute atomic E-state index is 0.162. The van der Waals surface area contributed by atoms with Crippen LogP contribution < -0.4 is 0 Å². The van der Waals surface area contributed by atoms with Crippen LogP contribution in [0.1, 0.15) is 17.4 Å². The minimum Gasteiger partial charge on any atom is -0.293 e. The molecule has 22 heavy (non-hydrogen) atoms. The highest BCUT2D eigenvalue weighted by molar-refractivity contribution is 14.1. The number of benzene rings is 2. The number of fused-ring (bicyclic) bond motifs is 1. The molecular weight excluding hydrogens is 413 g/mol. The summed E-state index contributed by atoms with van der Waals surface area (Å²) in [7, 11) is -3.83. The first-order chi connectivity index (χ1) is 10.4. The van der Waals surface area contributed by atoms with Crippen molar-refractivity contribution in [3.05, 3.63) is 63.9 Å². The molecule has 0 saturated heterocycles. The molecule has 0 aliphatic rings. The SMILES string of the molecule is CC(=O)c1c(I)c2ccccc2n1S(=O)(=O)c1ccccc1. The molecule has 0 bridgehead atoms. The second kappa shape index (κ2) is 5.51. The molecule has 1 aromatic heterocycles. The number of nitrogens with zero attached hydrogens (tertiary/aromatic N) is 1. The van der Waals surface area contributed by atoms with E-state index < -0.39 is 10.0 Å². The molecule has 0 fully saturated rings. The number of aromatic nitrogens is 1. The summed E-state index contributed by atoms with van der Waals surface area (Å²) in [5.74, 6) is -0.278. The van der Waals surface area contributed by atoms with Crippen LogP contribution in [0.3, 0.4) is 0 Å². The highest BCUT2D eigenvalue weighted by Gasteiger charge is 2.27. The van der Waals surface area contributed by atoms with Crippen LogP contribution in [-0.2, 0) is 10.0 Å². The molecule has 6 heteroatoms. The molecule has 0 N–H and O–H groups in total. The summed E-state index contributed by atoms with van der Waals surface area (Å²) < 4.78 is 27.8. The van der Waals surface area contributed by atoms with E-state index in [0.29, 0.717) is 9.09 Å². The molecule has 1 heterocycles. The van der Waals surface area contributed by atoms with Crippen LogP contribution in [0.2, 0.25) is 0 Å². The topological polar surface area (TPSA) is 56.1 Å². The van der Waals surface area contributed by atoms with E-state index in [1.807, 2.05) is 34.7 Å². The summed E-state index contributed by atoms with van der Waals surface area (Å²) in [6, 6.07) is 15.3. The largest absolute Gasteiger partial charge is 0.293 e. The molecule has 2 aromatic carbocycles. The Balaban J connectivity index is 2.45. The zero-order valence-corrected chi connectivity index (χ0v) is 14.6. The lowest BCUT2D eigenvalue weighted by Crippen LogP contribution is -2.18. The third-order valence-corrected chi connectivity index (χ3v) is 6.21. The van der Waals surface area contributed by atoms with Gasteiger partial charge in [-0.05, 0) is 40.8 Å². The van der Waals surface area contributed by atoms with Crippen molar-refractivity contribution in [1.82, 2.24) is 3.97 Å².